The quantitative estimate of drug-likeness (QED) is 0.851. The highest BCUT2D eigenvalue weighted by Crippen LogP contribution is 2.18. The van der Waals surface area contributed by atoms with Crippen LogP contribution in [0.15, 0.2) is 40.9 Å². The van der Waals surface area contributed by atoms with E-state index in [1.807, 2.05) is 30.3 Å². The molecule has 0 radical (unpaired) electrons. The molecule has 0 saturated carbocycles. The number of rotatable bonds is 5. The summed E-state index contributed by atoms with van der Waals surface area (Å²) in [4.78, 5) is 23.6. The predicted octanol–water partition coefficient (Wildman–Crippen LogP) is 2.02. The number of hydrogen-bond donors (Lipinski definition) is 1. The lowest BCUT2D eigenvalue weighted by Gasteiger charge is -2.17. The topological polar surface area (TPSA) is 81.4 Å². The van der Waals surface area contributed by atoms with E-state index in [-0.39, 0.29) is 12.1 Å². The summed E-state index contributed by atoms with van der Waals surface area (Å²) in [6.45, 7) is 1.70. The van der Waals surface area contributed by atoms with Crippen LogP contribution < -0.4 is 5.32 Å². The summed E-state index contributed by atoms with van der Waals surface area (Å²) in [7, 11) is 1.31. The van der Waals surface area contributed by atoms with Crippen LogP contribution >= 0.6 is 0 Å². The maximum atomic E-state index is 12.1. The number of esters is 1. The molecule has 0 aliphatic heterocycles. The molecule has 1 atom stereocenters. The van der Waals surface area contributed by atoms with Gasteiger partial charge >= 0.3 is 5.97 Å². The fraction of sp³-hybridized carbons (Fsp3) is 0.267. The first-order chi connectivity index (χ1) is 10.1. The van der Waals surface area contributed by atoms with Gasteiger partial charge in [0.15, 0.2) is 5.69 Å². The van der Waals surface area contributed by atoms with Crippen molar-refractivity contribution in [2.45, 2.75) is 19.4 Å². The molecule has 1 aromatic heterocycles. The monoisotopic (exact) mass is 288 g/mol. The fourth-order valence-corrected chi connectivity index (χ4v) is 1.89. The molecule has 6 heteroatoms. The SMILES string of the molecule is COC(=O)C[C@@H](NC(=O)c1cc(C)on1)c1ccccc1. The van der Waals surface area contributed by atoms with Crippen LogP contribution in [0.5, 0.6) is 0 Å². The number of carbonyl (C=O) groups excluding carboxylic acids is 2. The Morgan fingerprint density at radius 3 is 2.62 bits per heavy atom. The van der Waals surface area contributed by atoms with Gasteiger partial charge in [0.1, 0.15) is 5.76 Å². The molecule has 0 bridgehead atoms. The summed E-state index contributed by atoms with van der Waals surface area (Å²) in [5, 5.41) is 6.42. The third-order valence-electron chi connectivity index (χ3n) is 2.97. The molecule has 110 valence electrons. The van der Waals surface area contributed by atoms with Crippen LogP contribution in [0.3, 0.4) is 0 Å². The number of amides is 1. The number of ether oxygens (including phenoxy) is 1. The molecule has 0 aliphatic rings. The standard InChI is InChI=1S/C15H16N2O4/c1-10-8-13(17-21-10)15(19)16-12(9-14(18)20-2)11-6-4-3-5-7-11/h3-8,12H,9H2,1-2H3,(H,16,19)/t12-/m1/s1. The van der Waals surface area contributed by atoms with Crippen molar-refractivity contribution in [1.29, 1.82) is 0 Å². The zero-order valence-corrected chi connectivity index (χ0v) is 11.8. The van der Waals surface area contributed by atoms with Gasteiger partial charge in [0.25, 0.3) is 5.91 Å². The maximum absolute atomic E-state index is 12.1. The summed E-state index contributed by atoms with van der Waals surface area (Å²) >= 11 is 0. The normalized spacial score (nSPS) is 11.7. The fourth-order valence-electron chi connectivity index (χ4n) is 1.89. The highest BCUT2D eigenvalue weighted by Gasteiger charge is 2.21. The minimum atomic E-state index is -0.483. The van der Waals surface area contributed by atoms with Crippen molar-refractivity contribution in [3.8, 4) is 0 Å². The Balaban J connectivity index is 2.16. The van der Waals surface area contributed by atoms with Crippen LogP contribution in [0.2, 0.25) is 0 Å². The van der Waals surface area contributed by atoms with E-state index in [1.54, 1.807) is 6.92 Å². The Morgan fingerprint density at radius 1 is 1.33 bits per heavy atom. The van der Waals surface area contributed by atoms with Crippen LogP contribution in [0.1, 0.15) is 34.3 Å². The van der Waals surface area contributed by atoms with Gasteiger partial charge in [-0.25, -0.2) is 0 Å². The van der Waals surface area contributed by atoms with Gasteiger partial charge in [-0.3, -0.25) is 9.59 Å². The number of hydrogen-bond acceptors (Lipinski definition) is 5. The Bertz CT molecular complexity index is 622. The number of carbonyl (C=O) groups is 2. The Kier molecular flexibility index (Phi) is 4.71. The molecule has 0 aliphatic carbocycles. The molecule has 0 unspecified atom stereocenters. The average Bonchev–Trinajstić information content (AvgIpc) is 2.94. The molecule has 1 N–H and O–H groups in total. The first-order valence-electron chi connectivity index (χ1n) is 6.46. The van der Waals surface area contributed by atoms with Gasteiger partial charge in [0, 0.05) is 6.07 Å². The summed E-state index contributed by atoms with van der Waals surface area (Å²) < 4.78 is 9.54. The third-order valence-corrected chi connectivity index (χ3v) is 2.97. The second kappa shape index (κ2) is 6.69. The first kappa shape index (κ1) is 14.8. The van der Waals surface area contributed by atoms with Crippen molar-refractivity contribution in [1.82, 2.24) is 10.5 Å². The molecule has 1 heterocycles. The predicted molar refractivity (Wildman–Crippen MR) is 74.5 cm³/mol. The lowest BCUT2D eigenvalue weighted by atomic mass is 10.0. The molecular formula is C15H16N2O4. The molecule has 1 amide bonds. The molecule has 1 aromatic carbocycles. The van der Waals surface area contributed by atoms with Crippen LogP contribution in [0.4, 0.5) is 0 Å². The van der Waals surface area contributed by atoms with E-state index in [1.165, 1.54) is 13.2 Å². The highest BCUT2D eigenvalue weighted by atomic mass is 16.5. The maximum Gasteiger partial charge on any atom is 0.307 e. The van der Waals surface area contributed by atoms with Gasteiger partial charge in [-0.2, -0.15) is 0 Å². The van der Waals surface area contributed by atoms with Gasteiger partial charge in [0.05, 0.1) is 19.6 Å². The molecule has 0 saturated heterocycles. The number of nitrogens with zero attached hydrogens (tertiary/aromatic N) is 1. The zero-order valence-electron chi connectivity index (χ0n) is 11.8. The van der Waals surface area contributed by atoms with Crippen molar-refractivity contribution in [2.75, 3.05) is 7.11 Å². The number of benzene rings is 1. The summed E-state index contributed by atoms with van der Waals surface area (Å²) in [5.74, 6) is -0.255. The van der Waals surface area contributed by atoms with Gasteiger partial charge in [-0.05, 0) is 12.5 Å². The third kappa shape index (κ3) is 3.92. The van der Waals surface area contributed by atoms with Crippen molar-refractivity contribution in [2.24, 2.45) is 0 Å². The average molecular weight is 288 g/mol. The van der Waals surface area contributed by atoms with Crippen molar-refractivity contribution >= 4 is 11.9 Å². The van der Waals surface area contributed by atoms with E-state index >= 15 is 0 Å². The molecular weight excluding hydrogens is 272 g/mol. The van der Waals surface area contributed by atoms with Crippen LogP contribution in [0, 0.1) is 6.92 Å². The highest BCUT2D eigenvalue weighted by molar-refractivity contribution is 5.92. The summed E-state index contributed by atoms with van der Waals surface area (Å²) in [6.07, 6.45) is 0.0447. The Labute approximate surface area is 122 Å². The summed E-state index contributed by atoms with van der Waals surface area (Å²) in [6, 6.07) is 10.3. The smallest absolute Gasteiger partial charge is 0.307 e. The first-order valence-corrected chi connectivity index (χ1v) is 6.46. The lowest BCUT2D eigenvalue weighted by Crippen LogP contribution is -2.30. The largest absolute Gasteiger partial charge is 0.469 e. The van der Waals surface area contributed by atoms with Crippen molar-refractivity contribution in [3.05, 3.63) is 53.4 Å². The summed E-state index contributed by atoms with van der Waals surface area (Å²) in [5.41, 5.74) is 0.995. The molecule has 21 heavy (non-hydrogen) atoms. The number of aryl methyl sites for hydroxylation is 1. The number of methoxy groups -OCH3 is 1. The molecule has 2 rings (SSSR count). The second-order valence-electron chi connectivity index (χ2n) is 4.54. The Hall–Kier alpha value is -2.63. The van der Waals surface area contributed by atoms with E-state index in [9.17, 15) is 9.59 Å². The number of aromatic nitrogens is 1. The van der Waals surface area contributed by atoms with E-state index in [0.717, 1.165) is 5.56 Å². The molecule has 6 nitrogen and oxygen atoms in total. The lowest BCUT2D eigenvalue weighted by molar-refractivity contribution is -0.141. The van der Waals surface area contributed by atoms with E-state index < -0.39 is 17.9 Å². The van der Waals surface area contributed by atoms with Gasteiger partial charge in [-0.15, -0.1) is 0 Å². The van der Waals surface area contributed by atoms with Gasteiger partial charge < -0.3 is 14.6 Å². The van der Waals surface area contributed by atoms with Crippen LogP contribution in [0.25, 0.3) is 0 Å². The molecule has 0 fully saturated rings. The number of nitrogens with one attached hydrogen (secondary N) is 1. The molecule has 0 spiro atoms. The van der Waals surface area contributed by atoms with Crippen LogP contribution in [-0.4, -0.2) is 24.1 Å². The van der Waals surface area contributed by atoms with Crippen LogP contribution in [-0.2, 0) is 9.53 Å². The van der Waals surface area contributed by atoms with E-state index in [4.69, 9.17) is 4.52 Å². The van der Waals surface area contributed by atoms with Gasteiger partial charge in [-0.1, -0.05) is 35.5 Å². The van der Waals surface area contributed by atoms with E-state index in [2.05, 4.69) is 15.2 Å². The Morgan fingerprint density at radius 2 is 2.05 bits per heavy atom. The van der Waals surface area contributed by atoms with Gasteiger partial charge in [0.2, 0.25) is 0 Å². The second-order valence-corrected chi connectivity index (χ2v) is 4.54. The zero-order chi connectivity index (χ0) is 15.2. The van der Waals surface area contributed by atoms with Crippen molar-refractivity contribution < 1.29 is 18.8 Å². The molecule has 2 aromatic rings. The minimum absolute atomic E-state index is 0.0447. The van der Waals surface area contributed by atoms with E-state index in [0.29, 0.717) is 5.76 Å². The minimum Gasteiger partial charge on any atom is -0.469 e. The van der Waals surface area contributed by atoms with Crippen molar-refractivity contribution in [3.63, 3.8) is 0 Å².